The van der Waals surface area contributed by atoms with Crippen LogP contribution in [0.5, 0.6) is 0 Å². The molecule has 5 rings (SSSR count). The van der Waals surface area contributed by atoms with Crippen LogP contribution in [0.25, 0.3) is 21.5 Å². The fourth-order valence-electron chi connectivity index (χ4n) is 4.35. The third-order valence-electron chi connectivity index (χ3n) is 5.85. The van der Waals surface area contributed by atoms with E-state index in [1.54, 1.807) is 0 Å². The molecule has 0 saturated carbocycles. The predicted octanol–water partition coefficient (Wildman–Crippen LogP) is 9.97. The van der Waals surface area contributed by atoms with Crippen molar-refractivity contribution >= 4 is 53.2 Å². The van der Waals surface area contributed by atoms with Gasteiger partial charge in [-0.15, -0.1) is 106 Å². The summed E-state index contributed by atoms with van der Waals surface area (Å²) in [7, 11) is 0. The van der Waals surface area contributed by atoms with E-state index in [1.165, 1.54) is 92.8 Å². The summed E-state index contributed by atoms with van der Waals surface area (Å²) in [5.41, 5.74) is 6.81. The third kappa shape index (κ3) is 11.4. The minimum absolute atomic E-state index is 0. The van der Waals surface area contributed by atoms with E-state index in [2.05, 4.69) is 102 Å². The summed E-state index contributed by atoms with van der Waals surface area (Å²) in [4.78, 5) is 0. The monoisotopic (exact) mass is 623 g/mol. The first-order valence-corrected chi connectivity index (χ1v) is 16.6. The van der Waals surface area contributed by atoms with E-state index >= 15 is 0 Å². The summed E-state index contributed by atoms with van der Waals surface area (Å²) in [6.07, 6.45) is 4.84. The zero-order valence-electron chi connectivity index (χ0n) is 22.5. The van der Waals surface area contributed by atoms with Gasteiger partial charge in [-0.25, -0.2) is 0 Å². The fourth-order valence-corrected chi connectivity index (χ4v) is 4.35. The molecule has 196 valence electrons. The molecule has 0 N–H and O–H groups in total. The van der Waals surface area contributed by atoms with Crippen molar-refractivity contribution in [2.24, 2.45) is 0 Å². The number of aryl methyl sites for hydroxylation is 4. The molecule has 0 fully saturated rings. The van der Waals surface area contributed by atoms with Gasteiger partial charge in [-0.1, -0.05) is 69.9 Å². The van der Waals surface area contributed by atoms with Gasteiger partial charge < -0.3 is 0 Å². The van der Waals surface area contributed by atoms with E-state index in [1.807, 2.05) is 30.3 Å². The number of rotatable bonds is 4. The van der Waals surface area contributed by atoms with Crippen molar-refractivity contribution in [1.29, 1.82) is 0 Å². The fraction of sp³-hybridized carbons (Fsp3) is 0.242. The van der Waals surface area contributed by atoms with Crippen LogP contribution in [-0.4, -0.2) is 6.88 Å². The molecule has 0 aliphatic rings. The van der Waals surface area contributed by atoms with Gasteiger partial charge in [0, 0.05) is 0 Å². The van der Waals surface area contributed by atoms with Crippen molar-refractivity contribution in [2.45, 2.75) is 53.4 Å². The second kappa shape index (κ2) is 19.5. The molecule has 4 heteroatoms. The molecule has 0 aliphatic heterocycles. The van der Waals surface area contributed by atoms with Gasteiger partial charge in [0.15, 0.2) is 0 Å². The van der Waals surface area contributed by atoms with E-state index in [-0.39, 0.29) is 24.8 Å². The zero-order chi connectivity index (χ0) is 25.6. The standard InChI is InChI=1S/2C13H15.C7H7.2ClH.Si.Zr/c2*1-3-5-11-6-4-7-12-8-10(2)9-13(11)12;1-7-5-3-2-4-6-7;;;;/h2*4,6-9H,3,5H2,1-2H3;2-6H,1H2;2*1H;;/q3*-1;;;;. The molecule has 0 nitrogen and oxygen atoms in total. The van der Waals surface area contributed by atoms with E-state index in [4.69, 9.17) is 0 Å². The van der Waals surface area contributed by atoms with Gasteiger partial charge >= 0.3 is 30.2 Å². The minimum atomic E-state index is 0. The van der Waals surface area contributed by atoms with Crippen molar-refractivity contribution in [3.05, 3.63) is 126 Å². The topological polar surface area (TPSA) is 0 Å². The van der Waals surface area contributed by atoms with Gasteiger partial charge in [0.2, 0.25) is 0 Å². The summed E-state index contributed by atoms with van der Waals surface area (Å²) in [5.74, 6) is 0. The number of hydrogen-bond donors (Lipinski definition) is 0. The summed E-state index contributed by atoms with van der Waals surface area (Å²) < 4.78 is 0. The molecular weight excluding hydrogens is 587 g/mol. The summed E-state index contributed by atoms with van der Waals surface area (Å²) >= 11 is 1.36. The van der Waals surface area contributed by atoms with Gasteiger partial charge in [-0.2, -0.15) is 36.8 Å². The van der Waals surface area contributed by atoms with Gasteiger partial charge in [0.05, 0.1) is 0 Å². The molecule has 0 amide bonds. The van der Waals surface area contributed by atoms with Gasteiger partial charge in [0.25, 0.3) is 0 Å². The molecular formula is C33H39Cl2SiZr-3. The molecule has 0 spiro atoms. The van der Waals surface area contributed by atoms with Crippen molar-refractivity contribution in [2.75, 3.05) is 0 Å². The van der Waals surface area contributed by atoms with Crippen molar-refractivity contribution in [3.8, 4) is 0 Å². The van der Waals surface area contributed by atoms with Crippen LogP contribution >= 0.6 is 24.8 Å². The molecule has 2 radical (unpaired) electrons. The van der Waals surface area contributed by atoms with Crippen molar-refractivity contribution in [1.82, 2.24) is 0 Å². The first kappa shape index (κ1) is 35.4. The molecule has 0 heterocycles. The van der Waals surface area contributed by atoms with Crippen LogP contribution in [0.4, 0.5) is 0 Å². The normalized spacial score (nSPS) is 9.38. The average Bonchev–Trinajstić information content (AvgIpc) is 3.44. The first-order valence-electron chi connectivity index (χ1n) is 12.4. The van der Waals surface area contributed by atoms with Crippen LogP contribution in [-0.2, 0) is 36.2 Å². The zero-order valence-corrected chi connectivity index (χ0v) is 27.6. The summed E-state index contributed by atoms with van der Waals surface area (Å²) in [5, 5.41) is 5.68. The van der Waals surface area contributed by atoms with Gasteiger partial charge in [-0.3, -0.25) is 0 Å². The first-order chi connectivity index (χ1) is 17.0. The second-order valence-corrected chi connectivity index (χ2v) is 8.89. The molecule has 0 aromatic heterocycles. The van der Waals surface area contributed by atoms with Crippen molar-refractivity contribution < 1.29 is 23.3 Å². The van der Waals surface area contributed by atoms with E-state index in [0.717, 1.165) is 5.56 Å². The Kier molecular flexibility index (Phi) is 18.7. The molecule has 37 heavy (non-hydrogen) atoms. The molecule has 0 saturated heterocycles. The number of fused-ring (bicyclic) bond motifs is 2. The maximum absolute atomic E-state index is 3.72. The third-order valence-corrected chi connectivity index (χ3v) is 5.85. The molecule has 0 bridgehead atoms. The number of hydrogen-bond acceptors (Lipinski definition) is 0. The summed E-state index contributed by atoms with van der Waals surface area (Å²) in [6.45, 7) is 15.6. The maximum atomic E-state index is 3.72. The Morgan fingerprint density at radius 3 is 1.38 bits per heavy atom. The van der Waals surface area contributed by atoms with Crippen LogP contribution < -0.4 is 0 Å². The molecule has 5 aromatic carbocycles. The summed E-state index contributed by atoms with van der Waals surface area (Å²) in [6, 6.07) is 32.2. The Morgan fingerprint density at radius 2 is 1.05 bits per heavy atom. The Bertz CT molecular complexity index is 1210. The molecule has 0 unspecified atom stereocenters. The Hall–Kier alpha value is -1.57. The molecule has 0 atom stereocenters. The molecule has 5 aromatic rings. The number of benzene rings is 3. The van der Waals surface area contributed by atoms with Gasteiger partial charge in [0.1, 0.15) is 0 Å². The molecule has 0 aliphatic carbocycles. The average molecular weight is 626 g/mol. The SMILES string of the molecule is CCCc1cccc2[cH-]c(C)cc12.CCCc1cccc2[cH-]c(C)cc12.Cl.Cl.[CH2-]c1ccccc1.[Si]=[Zr]. The van der Waals surface area contributed by atoms with E-state index < -0.39 is 0 Å². The number of halogens is 2. The quantitative estimate of drug-likeness (QED) is 0.138. The predicted molar refractivity (Wildman–Crippen MR) is 168 cm³/mol. The Morgan fingerprint density at radius 1 is 0.649 bits per heavy atom. The second-order valence-electron chi connectivity index (χ2n) is 8.89. The van der Waals surface area contributed by atoms with Crippen LogP contribution in [0.1, 0.15) is 54.5 Å². The van der Waals surface area contributed by atoms with E-state index in [9.17, 15) is 0 Å². The Labute approximate surface area is 254 Å². The Balaban J connectivity index is 0.000000514. The van der Waals surface area contributed by atoms with Crippen LogP contribution in [0, 0.1) is 20.8 Å². The van der Waals surface area contributed by atoms with E-state index in [0.29, 0.717) is 0 Å². The van der Waals surface area contributed by atoms with Crippen molar-refractivity contribution in [3.63, 3.8) is 0 Å². The van der Waals surface area contributed by atoms with Crippen LogP contribution in [0.15, 0.2) is 91.0 Å². The van der Waals surface area contributed by atoms with Crippen LogP contribution in [0.3, 0.4) is 0 Å². The van der Waals surface area contributed by atoms with Gasteiger partial charge in [-0.05, 0) is 12.8 Å². The van der Waals surface area contributed by atoms with Crippen LogP contribution in [0.2, 0.25) is 0 Å².